The normalized spacial score (nSPS) is 11.2. The molecule has 2 aromatic carbocycles. The highest BCUT2D eigenvalue weighted by Crippen LogP contribution is 2.27. The van der Waals surface area contributed by atoms with Crippen LogP contribution in [0, 0.1) is 0 Å². The van der Waals surface area contributed by atoms with Gasteiger partial charge in [-0.25, -0.2) is 0 Å². The molecule has 0 N–H and O–H groups in total. The van der Waals surface area contributed by atoms with E-state index in [1.54, 1.807) is 11.8 Å². The summed E-state index contributed by atoms with van der Waals surface area (Å²) in [7, 11) is 0. The summed E-state index contributed by atoms with van der Waals surface area (Å²) in [4.78, 5) is 5.80. The number of aromatic nitrogens is 1. The molecule has 1 aromatic heterocycles. The summed E-state index contributed by atoms with van der Waals surface area (Å²) in [5, 5.41) is 0.736. The molecule has 0 unspecified atom stereocenters. The van der Waals surface area contributed by atoms with Crippen molar-refractivity contribution >= 4 is 35.3 Å². The summed E-state index contributed by atoms with van der Waals surface area (Å²) < 4.78 is 2.08. The zero-order chi connectivity index (χ0) is 15.4. The molecule has 3 aromatic rings. The molecule has 0 saturated heterocycles. The lowest BCUT2D eigenvalue weighted by molar-refractivity contribution is 1.07. The molecule has 0 aliphatic rings. The number of para-hydroxylation sites is 1. The van der Waals surface area contributed by atoms with E-state index in [4.69, 9.17) is 11.6 Å². The monoisotopic (exact) mass is 326 g/mol. The lowest BCUT2D eigenvalue weighted by atomic mass is 10.3. The lowest BCUT2D eigenvalue weighted by Crippen LogP contribution is -1.97. The number of rotatable bonds is 4. The Balaban J connectivity index is 1.92. The first-order valence-corrected chi connectivity index (χ1v) is 8.48. The minimum atomic E-state index is 0.736. The smallest absolute Gasteiger partial charge is 0.0766 e. The van der Waals surface area contributed by atoms with E-state index in [1.165, 1.54) is 4.90 Å². The van der Waals surface area contributed by atoms with Gasteiger partial charge >= 0.3 is 0 Å². The minimum Gasteiger partial charge on any atom is -0.316 e. The van der Waals surface area contributed by atoms with Crippen molar-refractivity contribution in [3.05, 3.63) is 77.6 Å². The van der Waals surface area contributed by atoms with Crippen LogP contribution in [0.1, 0.15) is 5.69 Å². The van der Waals surface area contributed by atoms with E-state index in [2.05, 4.69) is 21.9 Å². The molecule has 1 heterocycles. The maximum atomic E-state index is 5.95. The molecule has 0 amide bonds. The highest BCUT2D eigenvalue weighted by Gasteiger charge is 2.02. The molecule has 0 bridgehead atoms. The van der Waals surface area contributed by atoms with Gasteiger partial charge in [0.15, 0.2) is 0 Å². The Morgan fingerprint density at radius 2 is 1.77 bits per heavy atom. The third-order valence-corrected chi connectivity index (χ3v) is 4.34. The molecular weight excluding hydrogens is 312 g/mol. The molecule has 0 atom stereocenters. The summed E-state index contributed by atoms with van der Waals surface area (Å²) in [6.07, 6.45) is 5.97. The van der Waals surface area contributed by atoms with Gasteiger partial charge in [-0.1, -0.05) is 23.7 Å². The van der Waals surface area contributed by atoms with Gasteiger partial charge in [0, 0.05) is 21.8 Å². The predicted molar refractivity (Wildman–Crippen MR) is 96.3 cm³/mol. The minimum absolute atomic E-state index is 0.736. The summed E-state index contributed by atoms with van der Waals surface area (Å²) in [6.45, 7) is 0. The fourth-order valence-electron chi connectivity index (χ4n) is 2.21. The van der Waals surface area contributed by atoms with Gasteiger partial charge in [0.2, 0.25) is 0 Å². The van der Waals surface area contributed by atoms with Crippen LogP contribution in [0.15, 0.2) is 76.7 Å². The Hall–Kier alpha value is -1.97. The molecule has 2 nitrogen and oxygen atoms in total. The number of hydrogen-bond acceptors (Lipinski definition) is 2. The van der Waals surface area contributed by atoms with Gasteiger partial charge in [-0.05, 0) is 54.8 Å². The molecule has 110 valence electrons. The molecule has 0 aliphatic heterocycles. The first-order chi connectivity index (χ1) is 10.8. The van der Waals surface area contributed by atoms with Crippen LogP contribution in [-0.4, -0.2) is 17.0 Å². The van der Waals surface area contributed by atoms with E-state index < -0.39 is 0 Å². The lowest BCUT2D eigenvalue weighted by Gasteiger charge is -2.06. The number of aliphatic imine (C=N–C) groups is 1. The van der Waals surface area contributed by atoms with Crippen molar-refractivity contribution in [2.75, 3.05) is 6.26 Å². The molecular formula is C18H15ClN2S. The van der Waals surface area contributed by atoms with E-state index in [0.29, 0.717) is 0 Å². The summed E-state index contributed by atoms with van der Waals surface area (Å²) in [6, 6.07) is 20.0. The van der Waals surface area contributed by atoms with Gasteiger partial charge in [0.05, 0.1) is 17.6 Å². The van der Waals surface area contributed by atoms with Crippen LogP contribution in [0.4, 0.5) is 5.69 Å². The van der Waals surface area contributed by atoms with Crippen LogP contribution in [0.3, 0.4) is 0 Å². The molecule has 0 saturated carbocycles. The number of benzene rings is 2. The van der Waals surface area contributed by atoms with Crippen molar-refractivity contribution in [1.82, 2.24) is 4.57 Å². The Morgan fingerprint density at radius 1 is 1.00 bits per heavy atom. The van der Waals surface area contributed by atoms with Gasteiger partial charge in [-0.3, -0.25) is 4.99 Å². The maximum Gasteiger partial charge on any atom is 0.0766 e. The second-order valence-electron chi connectivity index (χ2n) is 4.71. The molecule has 0 spiro atoms. The average Bonchev–Trinajstić information content (AvgIpc) is 3.02. The van der Waals surface area contributed by atoms with Gasteiger partial charge < -0.3 is 4.57 Å². The highest BCUT2D eigenvalue weighted by molar-refractivity contribution is 7.98. The van der Waals surface area contributed by atoms with Crippen molar-refractivity contribution in [2.45, 2.75) is 4.90 Å². The van der Waals surface area contributed by atoms with Crippen molar-refractivity contribution in [3.63, 3.8) is 0 Å². The Bertz CT molecular complexity index is 791. The van der Waals surface area contributed by atoms with E-state index >= 15 is 0 Å². The van der Waals surface area contributed by atoms with Gasteiger partial charge in [-0.2, -0.15) is 0 Å². The quantitative estimate of drug-likeness (QED) is 0.450. The Kier molecular flexibility index (Phi) is 4.66. The van der Waals surface area contributed by atoms with Crippen LogP contribution < -0.4 is 0 Å². The number of halogens is 1. The molecule has 22 heavy (non-hydrogen) atoms. The average molecular weight is 327 g/mol. The first-order valence-electron chi connectivity index (χ1n) is 6.88. The topological polar surface area (TPSA) is 17.3 Å². The zero-order valence-corrected chi connectivity index (χ0v) is 13.7. The van der Waals surface area contributed by atoms with Gasteiger partial charge in [-0.15, -0.1) is 11.8 Å². The van der Waals surface area contributed by atoms with Crippen LogP contribution in [-0.2, 0) is 0 Å². The zero-order valence-electron chi connectivity index (χ0n) is 12.1. The van der Waals surface area contributed by atoms with E-state index in [1.807, 2.05) is 67.0 Å². The van der Waals surface area contributed by atoms with Crippen LogP contribution in [0.25, 0.3) is 5.69 Å². The SMILES string of the molecule is CSc1ccccc1N=Cc1cccn1-c1ccc(Cl)cc1. The highest BCUT2D eigenvalue weighted by atomic mass is 35.5. The van der Waals surface area contributed by atoms with Crippen molar-refractivity contribution in [1.29, 1.82) is 0 Å². The number of thioether (sulfide) groups is 1. The fraction of sp³-hybridized carbons (Fsp3) is 0.0556. The van der Waals surface area contributed by atoms with Crippen molar-refractivity contribution in [3.8, 4) is 5.69 Å². The third kappa shape index (κ3) is 3.26. The molecule has 4 heteroatoms. The fourth-order valence-corrected chi connectivity index (χ4v) is 2.88. The van der Waals surface area contributed by atoms with Crippen LogP contribution in [0.2, 0.25) is 5.02 Å². The summed E-state index contributed by atoms with van der Waals surface area (Å²) >= 11 is 7.65. The largest absolute Gasteiger partial charge is 0.316 e. The standard InChI is InChI=1S/C18H15ClN2S/c1-22-18-7-3-2-6-17(18)20-13-16-5-4-12-21(16)15-10-8-14(19)9-11-15/h2-13H,1H3. The number of hydrogen-bond donors (Lipinski definition) is 0. The van der Waals surface area contributed by atoms with Crippen molar-refractivity contribution < 1.29 is 0 Å². The second-order valence-corrected chi connectivity index (χ2v) is 5.99. The van der Waals surface area contributed by atoms with E-state index in [9.17, 15) is 0 Å². The van der Waals surface area contributed by atoms with Crippen LogP contribution >= 0.6 is 23.4 Å². The summed E-state index contributed by atoms with van der Waals surface area (Å²) in [5.74, 6) is 0. The van der Waals surface area contributed by atoms with E-state index in [0.717, 1.165) is 22.1 Å². The Labute approximate surface area is 139 Å². The molecule has 0 aliphatic carbocycles. The molecule has 0 radical (unpaired) electrons. The number of nitrogens with zero attached hydrogens (tertiary/aromatic N) is 2. The first kappa shape index (κ1) is 14.9. The Morgan fingerprint density at radius 3 is 2.55 bits per heavy atom. The van der Waals surface area contributed by atoms with Crippen LogP contribution in [0.5, 0.6) is 0 Å². The van der Waals surface area contributed by atoms with Gasteiger partial charge in [0.25, 0.3) is 0 Å². The van der Waals surface area contributed by atoms with Crippen molar-refractivity contribution in [2.24, 2.45) is 4.99 Å². The maximum absolute atomic E-state index is 5.95. The summed E-state index contributed by atoms with van der Waals surface area (Å²) in [5.41, 5.74) is 3.08. The predicted octanol–water partition coefficient (Wildman–Crippen LogP) is 5.60. The molecule has 3 rings (SSSR count). The van der Waals surface area contributed by atoms with Gasteiger partial charge in [0.1, 0.15) is 0 Å². The third-order valence-electron chi connectivity index (χ3n) is 3.31. The second kappa shape index (κ2) is 6.86. The van der Waals surface area contributed by atoms with E-state index in [-0.39, 0.29) is 0 Å². The molecule has 0 fully saturated rings.